The molecule has 0 bridgehead atoms. The number of aromatic nitrogens is 2. The zero-order chi connectivity index (χ0) is 14.0. The van der Waals surface area contributed by atoms with Crippen molar-refractivity contribution in [2.75, 3.05) is 18.1 Å². The van der Waals surface area contributed by atoms with Crippen molar-refractivity contribution in [1.82, 2.24) is 10.1 Å². The van der Waals surface area contributed by atoms with E-state index in [9.17, 15) is 0 Å². The van der Waals surface area contributed by atoms with E-state index >= 15 is 0 Å². The Bertz CT molecular complexity index is 565. The molecule has 0 radical (unpaired) electrons. The molecule has 1 fully saturated rings. The third-order valence-corrected chi connectivity index (χ3v) is 4.36. The van der Waals surface area contributed by atoms with Crippen molar-refractivity contribution in [1.29, 1.82) is 0 Å². The van der Waals surface area contributed by atoms with Crippen molar-refractivity contribution in [3.63, 3.8) is 0 Å². The van der Waals surface area contributed by atoms with Crippen LogP contribution in [0, 0.1) is 0 Å². The predicted octanol–water partition coefficient (Wildman–Crippen LogP) is 2.10. The van der Waals surface area contributed by atoms with Crippen molar-refractivity contribution in [3.8, 4) is 0 Å². The molecule has 0 aliphatic carbocycles. The van der Waals surface area contributed by atoms with Crippen molar-refractivity contribution in [3.05, 3.63) is 47.6 Å². The van der Waals surface area contributed by atoms with Gasteiger partial charge in [0.2, 0.25) is 5.82 Å². The Morgan fingerprint density at radius 2 is 2.15 bits per heavy atom. The lowest BCUT2D eigenvalue weighted by atomic mass is 9.93. The van der Waals surface area contributed by atoms with Gasteiger partial charge in [0.1, 0.15) is 11.6 Å². The lowest BCUT2D eigenvalue weighted by Crippen LogP contribution is -2.34. The monoisotopic (exact) mass is 291 g/mol. The average Bonchev–Trinajstić information content (AvgIpc) is 3.00. The first-order valence-electron chi connectivity index (χ1n) is 6.56. The highest BCUT2D eigenvalue weighted by Crippen LogP contribution is 2.28. The Morgan fingerprint density at radius 3 is 2.85 bits per heavy atom. The van der Waals surface area contributed by atoms with E-state index in [4.69, 9.17) is 15.0 Å². The van der Waals surface area contributed by atoms with Gasteiger partial charge in [0.25, 0.3) is 5.89 Å². The van der Waals surface area contributed by atoms with E-state index in [1.165, 1.54) is 0 Å². The van der Waals surface area contributed by atoms with Crippen molar-refractivity contribution < 1.29 is 9.26 Å². The SMILES string of the molecule is CC(N)(c1ccccc1)c1nc(C2CSCCO2)no1. The van der Waals surface area contributed by atoms with E-state index in [0.717, 1.165) is 23.7 Å². The highest BCUT2D eigenvalue weighted by molar-refractivity contribution is 7.99. The maximum Gasteiger partial charge on any atom is 0.251 e. The molecule has 106 valence electrons. The minimum atomic E-state index is -0.797. The predicted molar refractivity (Wildman–Crippen MR) is 77.4 cm³/mol. The summed E-state index contributed by atoms with van der Waals surface area (Å²) in [5.41, 5.74) is 6.50. The largest absolute Gasteiger partial charge is 0.368 e. The Balaban J connectivity index is 1.85. The molecule has 2 atom stereocenters. The van der Waals surface area contributed by atoms with E-state index in [0.29, 0.717) is 11.7 Å². The lowest BCUT2D eigenvalue weighted by molar-refractivity contribution is 0.0677. The Kier molecular flexibility index (Phi) is 3.78. The fourth-order valence-electron chi connectivity index (χ4n) is 2.12. The normalized spacial score (nSPS) is 22.4. The van der Waals surface area contributed by atoms with Crippen LogP contribution in [0.5, 0.6) is 0 Å². The fourth-order valence-corrected chi connectivity index (χ4v) is 2.96. The smallest absolute Gasteiger partial charge is 0.251 e. The first kappa shape index (κ1) is 13.6. The molecule has 0 spiro atoms. The minimum absolute atomic E-state index is 0.0992. The average molecular weight is 291 g/mol. The third kappa shape index (κ3) is 2.59. The molecule has 0 saturated carbocycles. The number of rotatable bonds is 3. The van der Waals surface area contributed by atoms with Crippen LogP contribution in [0.25, 0.3) is 0 Å². The van der Waals surface area contributed by atoms with Gasteiger partial charge < -0.3 is 15.0 Å². The van der Waals surface area contributed by atoms with Crippen LogP contribution >= 0.6 is 11.8 Å². The van der Waals surface area contributed by atoms with Gasteiger partial charge in [0.15, 0.2) is 0 Å². The molecule has 1 aromatic carbocycles. The molecule has 1 aromatic heterocycles. The minimum Gasteiger partial charge on any atom is -0.368 e. The van der Waals surface area contributed by atoms with Crippen molar-refractivity contribution >= 4 is 11.8 Å². The van der Waals surface area contributed by atoms with Gasteiger partial charge in [-0.05, 0) is 12.5 Å². The van der Waals surface area contributed by atoms with Crippen LogP contribution in [0.3, 0.4) is 0 Å². The molecular formula is C14H17N3O2S. The Hall–Kier alpha value is -1.37. The van der Waals surface area contributed by atoms with Gasteiger partial charge in [0.05, 0.1) is 6.61 Å². The summed E-state index contributed by atoms with van der Waals surface area (Å²) in [6.45, 7) is 2.59. The molecule has 1 aliphatic rings. The van der Waals surface area contributed by atoms with Gasteiger partial charge in [0, 0.05) is 11.5 Å². The molecular weight excluding hydrogens is 274 g/mol. The van der Waals surface area contributed by atoms with Crippen LogP contribution in [0.4, 0.5) is 0 Å². The second kappa shape index (κ2) is 5.55. The number of nitrogens with zero attached hydrogens (tertiary/aromatic N) is 2. The van der Waals surface area contributed by atoms with Crippen LogP contribution in [-0.2, 0) is 10.3 Å². The molecule has 20 heavy (non-hydrogen) atoms. The van der Waals surface area contributed by atoms with Gasteiger partial charge in [-0.3, -0.25) is 0 Å². The van der Waals surface area contributed by atoms with Crippen LogP contribution in [0.1, 0.15) is 30.3 Å². The van der Waals surface area contributed by atoms with Crippen molar-refractivity contribution in [2.45, 2.75) is 18.6 Å². The quantitative estimate of drug-likeness (QED) is 0.933. The molecule has 1 aliphatic heterocycles. The van der Waals surface area contributed by atoms with E-state index in [1.807, 2.05) is 49.0 Å². The molecule has 1 saturated heterocycles. The summed E-state index contributed by atoms with van der Waals surface area (Å²) in [5, 5.41) is 4.03. The van der Waals surface area contributed by atoms with E-state index in [1.54, 1.807) is 0 Å². The first-order chi connectivity index (χ1) is 9.68. The molecule has 6 heteroatoms. The number of thioether (sulfide) groups is 1. The van der Waals surface area contributed by atoms with Crippen molar-refractivity contribution in [2.24, 2.45) is 5.73 Å². The zero-order valence-electron chi connectivity index (χ0n) is 11.3. The Morgan fingerprint density at radius 1 is 1.35 bits per heavy atom. The summed E-state index contributed by atoms with van der Waals surface area (Å²) in [5.74, 6) is 2.86. The summed E-state index contributed by atoms with van der Waals surface area (Å²) in [4.78, 5) is 4.44. The van der Waals surface area contributed by atoms with E-state index in [-0.39, 0.29) is 6.10 Å². The second-order valence-electron chi connectivity index (χ2n) is 4.96. The summed E-state index contributed by atoms with van der Waals surface area (Å²) in [6.07, 6.45) is -0.0992. The molecule has 2 heterocycles. The maximum absolute atomic E-state index is 6.36. The molecule has 2 aromatic rings. The van der Waals surface area contributed by atoms with Crippen LogP contribution in [0.15, 0.2) is 34.9 Å². The summed E-state index contributed by atoms with van der Waals surface area (Å²) < 4.78 is 11.0. The van der Waals surface area contributed by atoms with Gasteiger partial charge in [-0.2, -0.15) is 16.7 Å². The molecule has 2 unspecified atom stereocenters. The van der Waals surface area contributed by atoms with Gasteiger partial charge in [-0.1, -0.05) is 35.5 Å². The number of hydrogen-bond donors (Lipinski definition) is 1. The van der Waals surface area contributed by atoms with E-state index < -0.39 is 5.54 Å². The molecule has 5 nitrogen and oxygen atoms in total. The summed E-state index contributed by atoms with van der Waals surface area (Å²) >= 11 is 1.83. The number of hydrogen-bond acceptors (Lipinski definition) is 6. The lowest BCUT2D eigenvalue weighted by Gasteiger charge is -2.21. The molecule has 0 amide bonds. The maximum atomic E-state index is 6.36. The van der Waals surface area contributed by atoms with Gasteiger partial charge in [-0.25, -0.2) is 0 Å². The number of ether oxygens (including phenoxy) is 1. The van der Waals surface area contributed by atoms with E-state index in [2.05, 4.69) is 10.1 Å². The van der Waals surface area contributed by atoms with Crippen LogP contribution in [-0.4, -0.2) is 28.3 Å². The standard InChI is InChI=1S/C14H17N3O2S/c1-14(15,10-5-3-2-4-6-10)13-16-12(17-19-13)11-9-20-8-7-18-11/h2-6,11H,7-9,15H2,1H3. The molecule has 2 N–H and O–H groups in total. The second-order valence-corrected chi connectivity index (χ2v) is 6.11. The highest BCUT2D eigenvalue weighted by Gasteiger charge is 2.32. The van der Waals surface area contributed by atoms with Gasteiger partial charge in [-0.15, -0.1) is 0 Å². The third-order valence-electron chi connectivity index (χ3n) is 3.36. The number of benzene rings is 1. The van der Waals surface area contributed by atoms with Gasteiger partial charge >= 0.3 is 0 Å². The Labute approximate surface area is 121 Å². The topological polar surface area (TPSA) is 74.2 Å². The zero-order valence-corrected chi connectivity index (χ0v) is 12.1. The van der Waals surface area contributed by atoms with Crippen LogP contribution < -0.4 is 5.73 Å². The number of nitrogens with two attached hydrogens (primary N) is 1. The first-order valence-corrected chi connectivity index (χ1v) is 7.71. The highest BCUT2D eigenvalue weighted by atomic mass is 32.2. The fraction of sp³-hybridized carbons (Fsp3) is 0.429. The summed E-state index contributed by atoms with van der Waals surface area (Å²) in [7, 11) is 0. The van der Waals surface area contributed by atoms with Crippen LogP contribution in [0.2, 0.25) is 0 Å². The molecule has 3 rings (SSSR count). The summed E-state index contributed by atoms with van der Waals surface area (Å²) in [6, 6.07) is 9.75.